The topological polar surface area (TPSA) is 99.9 Å². The van der Waals surface area contributed by atoms with Gasteiger partial charge in [0.1, 0.15) is 6.61 Å². The first-order valence-electron chi connectivity index (χ1n) is 8.34. The molecule has 29 heavy (non-hydrogen) atoms. The van der Waals surface area contributed by atoms with Crippen molar-refractivity contribution in [2.45, 2.75) is 25.9 Å². The molecule has 2 aromatic rings. The van der Waals surface area contributed by atoms with Crippen LogP contribution in [0.1, 0.15) is 27.0 Å². The van der Waals surface area contributed by atoms with E-state index in [-0.39, 0.29) is 11.4 Å². The van der Waals surface area contributed by atoms with Gasteiger partial charge in [-0.1, -0.05) is 29.4 Å². The molecule has 0 aromatic heterocycles. The molecule has 4 N–H and O–H groups in total. The number of amidine groups is 1. The Morgan fingerprint density at radius 2 is 1.90 bits per heavy atom. The van der Waals surface area contributed by atoms with Crippen LogP contribution >= 0.6 is 0 Å². The Morgan fingerprint density at radius 3 is 2.59 bits per heavy atom. The molecule has 0 bridgehead atoms. The van der Waals surface area contributed by atoms with Crippen molar-refractivity contribution in [2.24, 2.45) is 10.9 Å². The number of nitrogens with zero attached hydrogens (tertiary/aromatic N) is 1. The predicted octanol–water partition coefficient (Wildman–Crippen LogP) is 3.47. The number of halogens is 4. The average molecular weight is 413 g/mol. The molecule has 0 radical (unpaired) electrons. The second-order valence-electron chi connectivity index (χ2n) is 6.13. The lowest BCUT2D eigenvalue weighted by molar-refractivity contribution is -0.168. The quantitative estimate of drug-likeness (QED) is 0.172. The number of ether oxygens (including phenoxy) is 1. The molecule has 0 aliphatic heterocycles. The molecule has 0 spiro atoms. The molecule has 0 unspecified atom stereocenters. The van der Waals surface area contributed by atoms with Gasteiger partial charge in [0.05, 0.1) is 12.2 Å². The van der Waals surface area contributed by atoms with Crippen LogP contribution in [-0.2, 0) is 16.2 Å². The van der Waals surface area contributed by atoms with Gasteiger partial charge >= 0.3 is 18.3 Å². The number of carbonyl (C=O) groups is 1. The number of benzene rings is 2. The third kappa shape index (κ3) is 5.92. The normalized spacial score (nSPS) is 12.3. The van der Waals surface area contributed by atoms with Crippen molar-refractivity contribution < 1.29 is 31.9 Å². The van der Waals surface area contributed by atoms with E-state index in [4.69, 9.17) is 16.3 Å². The van der Waals surface area contributed by atoms with Crippen LogP contribution in [0.5, 0.6) is 0 Å². The summed E-state index contributed by atoms with van der Waals surface area (Å²) in [7, 11) is 0. The van der Waals surface area contributed by atoms with Gasteiger partial charge in [0, 0.05) is 11.3 Å². The summed E-state index contributed by atoms with van der Waals surface area (Å²) in [5.74, 6) is -5.16. The smallest absolute Gasteiger partial charge is 0.365 e. The summed E-state index contributed by atoms with van der Waals surface area (Å²) in [5, 5.41) is 3.59. The van der Waals surface area contributed by atoms with Crippen molar-refractivity contribution in [2.75, 3.05) is 12.3 Å². The Labute approximate surface area is 164 Å². The molecule has 0 saturated carbocycles. The summed E-state index contributed by atoms with van der Waals surface area (Å²) in [6.07, 6.45) is -3.82. The average Bonchev–Trinajstić information content (AvgIpc) is 2.68. The molecule has 2 aromatic carbocycles. The molecule has 6 nitrogen and oxygen atoms in total. The first-order chi connectivity index (χ1) is 13.6. The zero-order chi connectivity index (χ0) is 21.6. The second kappa shape index (κ2) is 9.37. The molecule has 0 fully saturated rings. The molecule has 0 amide bonds. The lowest BCUT2D eigenvalue weighted by Crippen LogP contribution is -2.32. The summed E-state index contributed by atoms with van der Waals surface area (Å²) >= 11 is 0. The van der Waals surface area contributed by atoms with Gasteiger partial charge < -0.3 is 21.0 Å². The highest BCUT2D eigenvalue weighted by atomic mass is 19.3. The van der Waals surface area contributed by atoms with Crippen LogP contribution in [0.25, 0.3) is 0 Å². The highest BCUT2D eigenvalue weighted by Gasteiger charge is 2.40. The molecule has 0 aliphatic carbocycles. The summed E-state index contributed by atoms with van der Waals surface area (Å²) in [4.78, 5) is 16.9. The number of carbonyl (C=O) groups excluding carboxylic acids is 1. The van der Waals surface area contributed by atoms with Gasteiger partial charge in [-0.25, -0.2) is 13.6 Å². The third-order valence-corrected chi connectivity index (χ3v) is 3.92. The maximum absolute atomic E-state index is 12.8. The van der Waals surface area contributed by atoms with Crippen LogP contribution < -0.4 is 11.5 Å². The van der Waals surface area contributed by atoms with E-state index in [1.165, 1.54) is 24.3 Å². The number of nitrogens with two attached hydrogens (primary N) is 2. The van der Waals surface area contributed by atoms with Gasteiger partial charge in [0.25, 0.3) is 0 Å². The van der Waals surface area contributed by atoms with E-state index in [1.54, 1.807) is 25.1 Å². The fourth-order valence-electron chi connectivity index (χ4n) is 2.28. The Morgan fingerprint density at radius 1 is 1.21 bits per heavy atom. The van der Waals surface area contributed by atoms with E-state index in [0.29, 0.717) is 22.4 Å². The summed E-state index contributed by atoms with van der Waals surface area (Å²) < 4.78 is 54.5. The predicted molar refractivity (Wildman–Crippen MR) is 98.8 cm³/mol. The minimum atomic E-state index is -4.25. The van der Waals surface area contributed by atoms with Crippen LogP contribution in [0.2, 0.25) is 0 Å². The number of anilines is 1. The molecule has 0 atom stereocenters. The zero-order valence-electron chi connectivity index (χ0n) is 15.4. The van der Waals surface area contributed by atoms with Crippen molar-refractivity contribution in [1.82, 2.24) is 0 Å². The molecule has 0 aliphatic rings. The van der Waals surface area contributed by atoms with Crippen molar-refractivity contribution in [3.8, 4) is 0 Å². The lowest BCUT2D eigenvalue weighted by Gasteiger charge is -2.15. The number of oxime groups is 1. The minimum Gasteiger partial charge on any atom is -0.398 e. The SMILES string of the molecule is Cc1c(N)cccc1/C(N)=N/OC(=O)c1cccc(COCC(F)(F)C(F)F)c1. The number of rotatable bonds is 8. The third-order valence-electron chi connectivity index (χ3n) is 3.92. The van der Waals surface area contributed by atoms with E-state index in [1.807, 2.05) is 0 Å². The molecule has 10 heteroatoms. The number of nitrogen functional groups attached to an aromatic ring is 1. The molecule has 0 saturated heterocycles. The van der Waals surface area contributed by atoms with Crippen molar-refractivity contribution in [3.63, 3.8) is 0 Å². The monoisotopic (exact) mass is 413 g/mol. The second-order valence-corrected chi connectivity index (χ2v) is 6.13. The van der Waals surface area contributed by atoms with E-state index in [0.717, 1.165) is 0 Å². The van der Waals surface area contributed by atoms with E-state index in [2.05, 4.69) is 9.89 Å². The lowest BCUT2D eigenvalue weighted by atomic mass is 10.1. The van der Waals surface area contributed by atoms with Gasteiger partial charge in [-0.3, -0.25) is 0 Å². The van der Waals surface area contributed by atoms with E-state index in [9.17, 15) is 22.4 Å². The standard InChI is InChI=1S/C19H19F4N3O3/c1-11-14(6-3-7-15(11)24)16(25)26-29-17(27)13-5-2-4-12(8-13)9-28-10-19(22,23)18(20)21/h2-8,18H,9-10,24H2,1H3,(H2,25,26). The number of hydrogen-bond acceptors (Lipinski definition) is 5. The van der Waals surface area contributed by atoms with Crippen LogP contribution in [0.3, 0.4) is 0 Å². The van der Waals surface area contributed by atoms with Gasteiger partial charge in [-0.2, -0.15) is 8.78 Å². The molecular weight excluding hydrogens is 394 g/mol. The summed E-state index contributed by atoms with van der Waals surface area (Å²) in [5.41, 5.74) is 13.6. The minimum absolute atomic E-state index is 0.0487. The first kappa shape index (κ1) is 22.2. The van der Waals surface area contributed by atoms with E-state index >= 15 is 0 Å². The van der Waals surface area contributed by atoms with Crippen molar-refractivity contribution in [1.29, 1.82) is 0 Å². The summed E-state index contributed by atoms with van der Waals surface area (Å²) in [6.45, 7) is -0.104. The molecule has 2 rings (SSSR count). The maximum atomic E-state index is 12.8. The van der Waals surface area contributed by atoms with Crippen LogP contribution in [0.15, 0.2) is 47.6 Å². The fourth-order valence-corrected chi connectivity index (χ4v) is 2.28. The molecule has 156 valence electrons. The fraction of sp³-hybridized carbons (Fsp3) is 0.263. The van der Waals surface area contributed by atoms with Gasteiger partial charge in [-0.15, -0.1) is 0 Å². The Hall–Kier alpha value is -3.14. The molecular formula is C19H19F4N3O3. The van der Waals surface area contributed by atoms with E-state index < -0.39 is 31.5 Å². The Balaban J connectivity index is 2.01. The number of hydrogen-bond donors (Lipinski definition) is 2. The largest absolute Gasteiger partial charge is 0.398 e. The number of alkyl halides is 4. The van der Waals surface area contributed by atoms with Gasteiger partial charge in [0.15, 0.2) is 5.84 Å². The van der Waals surface area contributed by atoms with Crippen molar-refractivity contribution >= 4 is 17.5 Å². The Kier molecular flexibility index (Phi) is 7.16. The zero-order valence-corrected chi connectivity index (χ0v) is 15.4. The van der Waals surface area contributed by atoms with Crippen LogP contribution in [0, 0.1) is 6.92 Å². The summed E-state index contributed by atoms with van der Waals surface area (Å²) in [6, 6.07) is 10.6. The van der Waals surface area contributed by atoms with Crippen LogP contribution in [0.4, 0.5) is 23.2 Å². The van der Waals surface area contributed by atoms with Gasteiger partial charge in [0.2, 0.25) is 0 Å². The first-order valence-corrected chi connectivity index (χ1v) is 8.34. The highest BCUT2D eigenvalue weighted by Crippen LogP contribution is 2.23. The van der Waals surface area contributed by atoms with Crippen molar-refractivity contribution in [3.05, 3.63) is 64.7 Å². The maximum Gasteiger partial charge on any atom is 0.365 e. The highest BCUT2D eigenvalue weighted by molar-refractivity contribution is 6.00. The van der Waals surface area contributed by atoms with Gasteiger partial charge in [-0.05, 0) is 36.2 Å². The molecule has 0 heterocycles. The Bertz CT molecular complexity index is 904. The van der Waals surface area contributed by atoms with Crippen LogP contribution in [-0.4, -0.2) is 30.8 Å².